The molecular formula is C30H30N2O2S. The van der Waals surface area contributed by atoms with E-state index >= 15 is 0 Å². The first-order valence-electron chi connectivity index (χ1n) is 12.3. The Kier molecular flexibility index (Phi) is 7.01. The van der Waals surface area contributed by atoms with Crippen molar-refractivity contribution in [2.75, 3.05) is 11.9 Å². The first-order chi connectivity index (χ1) is 17.2. The summed E-state index contributed by atoms with van der Waals surface area (Å²) in [5, 5.41) is 5.75. The summed E-state index contributed by atoms with van der Waals surface area (Å²) < 4.78 is 5.89. The van der Waals surface area contributed by atoms with E-state index < -0.39 is 0 Å². The largest absolute Gasteiger partial charge is 0.480 e. The first-order valence-corrected chi connectivity index (χ1v) is 13.1. The number of benzene rings is 3. The molecule has 1 saturated carbocycles. The number of terminal acetylenes is 1. The van der Waals surface area contributed by atoms with Gasteiger partial charge in [-0.2, -0.15) is 0 Å². The molecule has 5 heteroatoms. The van der Waals surface area contributed by atoms with Gasteiger partial charge < -0.3 is 15.0 Å². The van der Waals surface area contributed by atoms with E-state index in [4.69, 9.17) is 11.2 Å². The van der Waals surface area contributed by atoms with Gasteiger partial charge in [0.05, 0.1) is 4.91 Å². The SMILES string of the molecule is C#CCOc1ccc2ccccc2c1/C=C1\SC(Nc2ccccc2)N([C@H]2CCCC[C@@H]2C)C1=O. The zero-order chi connectivity index (χ0) is 24.2. The minimum absolute atomic E-state index is 0.0815. The first kappa shape index (κ1) is 23.4. The number of anilines is 1. The summed E-state index contributed by atoms with van der Waals surface area (Å²) in [7, 11) is 0. The van der Waals surface area contributed by atoms with Crippen LogP contribution in [0, 0.1) is 18.3 Å². The molecule has 1 saturated heterocycles. The maximum absolute atomic E-state index is 13.9. The normalized spacial score (nSPS) is 23.4. The Balaban J connectivity index is 1.56. The van der Waals surface area contributed by atoms with Crippen LogP contribution in [0.25, 0.3) is 16.8 Å². The molecular weight excluding hydrogens is 452 g/mol. The van der Waals surface area contributed by atoms with Crippen LogP contribution >= 0.6 is 11.8 Å². The molecule has 1 N–H and O–H groups in total. The summed E-state index contributed by atoms with van der Waals surface area (Å²) in [6.45, 7) is 2.46. The molecule has 1 aliphatic heterocycles. The number of carbonyl (C=O) groups is 1. The molecule has 2 aliphatic rings. The van der Waals surface area contributed by atoms with Gasteiger partial charge in [0.2, 0.25) is 0 Å². The van der Waals surface area contributed by atoms with Gasteiger partial charge in [0.25, 0.3) is 5.91 Å². The number of amides is 1. The second-order valence-corrected chi connectivity index (χ2v) is 10.3. The molecule has 1 aliphatic carbocycles. The van der Waals surface area contributed by atoms with Gasteiger partial charge in [-0.25, -0.2) is 0 Å². The molecule has 3 atom stereocenters. The standard InChI is InChI=1S/C30H30N2O2S/c1-3-19-34-27-18-17-22-12-8-9-15-24(22)25(27)20-28-29(33)32(26-16-10-7-11-21(26)2)30(35-28)31-23-13-5-4-6-14-23/h1,4-6,8-9,12-15,17-18,20-21,26,30-31H,7,10-11,16,19H2,2H3/b28-20-/t21-,26-,30?/m0/s1. The van der Waals surface area contributed by atoms with Gasteiger partial charge in [-0.3, -0.25) is 4.79 Å². The number of thioether (sulfide) groups is 1. The van der Waals surface area contributed by atoms with Crippen molar-refractivity contribution in [2.45, 2.75) is 44.1 Å². The van der Waals surface area contributed by atoms with Gasteiger partial charge in [-0.15, -0.1) is 6.42 Å². The summed E-state index contributed by atoms with van der Waals surface area (Å²) in [4.78, 5) is 16.7. The van der Waals surface area contributed by atoms with Crippen molar-refractivity contribution in [3.05, 3.63) is 77.2 Å². The fraction of sp³-hybridized carbons (Fsp3) is 0.300. The molecule has 1 heterocycles. The fourth-order valence-electron chi connectivity index (χ4n) is 5.17. The van der Waals surface area contributed by atoms with Gasteiger partial charge in [0.1, 0.15) is 12.4 Å². The molecule has 0 radical (unpaired) electrons. The molecule has 0 aromatic heterocycles. The molecule has 178 valence electrons. The third-order valence-electron chi connectivity index (χ3n) is 6.94. The Bertz CT molecular complexity index is 1280. The van der Waals surface area contributed by atoms with Gasteiger partial charge in [0.15, 0.2) is 5.50 Å². The maximum Gasteiger partial charge on any atom is 0.262 e. The Labute approximate surface area is 211 Å². The van der Waals surface area contributed by atoms with Gasteiger partial charge in [-0.05, 0) is 53.8 Å². The van der Waals surface area contributed by atoms with E-state index in [1.807, 2.05) is 60.7 Å². The molecule has 35 heavy (non-hydrogen) atoms. The average Bonchev–Trinajstić information content (AvgIpc) is 3.18. The number of ether oxygens (including phenoxy) is 1. The quantitative estimate of drug-likeness (QED) is 0.312. The molecule has 3 aromatic rings. The van der Waals surface area contributed by atoms with Crippen LogP contribution in [0.4, 0.5) is 5.69 Å². The number of rotatable bonds is 6. The van der Waals surface area contributed by atoms with E-state index in [2.05, 4.69) is 35.2 Å². The highest BCUT2D eigenvalue weighted by molar-refractivity contribution is 8.05. The highest BCUT2D eigenvalue weighted by Gasteiger charge is 2.43. The smallest absolute Gasteiger partial charge is 0.262 e. The van der Waals surface area contributed by atoms with E-state index in [1.165, 1.54) is 6.42 Å². The number of para-hydroxylation sites is 1. The van der Waals surface area contributed by atoms with Crippen molar-refractivity contribution in [3.63, 3.8) is 0 Å². The van der Waals surface area contributed by atoms with Crippen molar-refractivity contribution in [3.8, 4) is 18.1 Å². The van der Waals surface area contributed by atoms with E-state index in [9.17, 15) is 4.79 Å². The van der Waals surface area contributed by atoms with E-state index in [-0.39, 0.29) is 24.1 Å². The summed E-state index contributed by atoms with van der Waals surface area (Å²) in [5.74, 6) is 3.80. The number of nitrogens with zero attached hydrogens (tertiary/aromatic N) is 1. The molecule has 2 fully saturated rings. The van der Waals surface area contributed by atoms with Crippen molar-refractivity contribution < 1.29 is 9.53 Å². The van der Waals surface area contributed by atoms with E-state index in [0.29, 0.717) is 11.7 Å². The lowest BCUT2D eigenvalue weighted by Gasteiger charge is -2.39. The molecule has 5 rings (SSSR count). The van der Waals surface area contributed by atoms with Crippen LogP contribution in [0.5, 0.6) is 5.75 Å². The Morgan fingerprint density at radius 1 is 1.09 bits per heavy atom. The van der Waals surface area contributed by atoms with Crippen molar-refractivity contribution >= 4 is 40.2 Å². The summed E-state index contributed by atoms with van der Waals surface area (Å²) in [5.41, 5.74) is 1.74. The van der Waals surface area contributed by atoms with Crippen molar-refractivity contribution in [2.24, 2.45) is 5.92 Å². The second-order valence-electron chi connectivity index (χ2n) is 9.22. The zero-order valence-corrected chi connectivity index (χ0v) is 20.8. The van der Waals surface area contributed by atoms with E-state index in [1.54, 1.807) is 11.8 Å². The van der Waals surface area contributed by atoms with Crippen molar-refractivity contribution in [1.82, 2.24) is 4.90 Å². The predicted molar refractivity (Wildman–Crippen MR) is 146 cm³/mol. The Hall–Kier alpha value is -3.36. The molecule has 1 unspecified atom stereocenters. The molecule has 0 bridgehead atoms. The summed E-state index contributed by atoms with van der Waals surface area (Å²) in [6.07, 6.45) is 12.1. The van der Waals surface area contributed by atoms with Crippen LogP contribution in [0.2, 0.25) is 0 Å². The van der Waals surface area contributed by atoms with Gasteiger partial charge in [0, 0.05) is 17.3 Å². The molecule has 1 amide bonds. The highest BCUT2D eigenvalue weighted by Crippen LogP contribution is 2.43. The number of fused-ring (bicyclic) bond motifs is 1. The number of hydrogen-bond acceptors (Lipinski definition) is 4. The van der Waals surface area contributed by atoms with Crippen LogP contribution in [0.15, 0.2) is 71.6 Å². The third-order valence-corrected chi connectivity index (χ3v) is 8.06. The maximum atomic E-state index is 13.9. The fourth-order valence-corrected chi connectivity index (χ4v) is 6.36. The Morgan fingerprint density at radius 3 is 2.66 bits per heavy atom. The van der Waals surface area contributed by atoms with Gasteiger partial charge >= 0.3 is 0 Å². The number of carbonyl (C=O) groups excluding carboxylic acids is 1. The minimum Gasteiger partial charge on any atom is -0.480 e. The number of nitrogens with one attached hydrogen (secondary N) is 1. The van der Waals surface area contributed by atoms with E-state index in [0.717, 1.165) is 46.2 Å². The van der Waals surface area contributed by atoms with Gasteiger partial charge in [-0.1, -0.05) is 86.0 Å². The second kappa shape index (κ2) is 10.5. The number of hydrogen-bond donors (Lipinski definition) is 1. The molecule has 4 nitrogen and oxygen atoms in total. The average molecular weight is 483 g/mol. The lowest BCUT2D eigenvalue weighted by atomic mass is 9.85. The monoisotopic (exact) mass is 482 g/mol. The van der Waals surface area contributed by atoms with Crippen LogP contribution in [-0.4, -0.2) is 29.0 Å². The van der Waals surface area contributed by atoms with Crippen molar-refractivity contribution in [1.29, 1.82) is 0 Å². The van der Waals surface area contributed by atoms with Crippen LogP contribution < -0.4 is 10.1 Å². The summed E-state index contributed by atoms with van der Waals surface area (Å²) >= 11 is 1.58. The van der Waals surface area contributed by atoms with Crippen LogP contribution in [-0.2, 0) is 4.79 Å². The highest BCUT2D eigenvalue weighted by atomic mass is 32.2. The summed E-state index contributed by atoms with van der Waals surface area (Å²) in [6, 6.07) is 22.5. The molecule has 3 aromatic carbocycles. The topological polar surface area (TPSA) is 41.6 Å². The lowest BCUT2D eigenvalue weighted by Crippen LogP contribution is -2.48. The predicted octanol–water partition coefficient (Wildman–Crippen LogP) is 6.74. The third kappa shape index (κ3) is 4.90. The zero-order valence-electron chi connectivity index (χ0n) is 19.9. The molecule has 0 spiro atoms. The Morgan fingerprint density at radius 2 is 1.86 bits per heavy atom. The minimum atomic E-state index is -0.160. The van der Waals surface area contributed by atoms with Crippen LogP contribution in [0.3, 0.4) is 0 Å². The lowest BCUT2D eigenvalue weighted by molar-refractivity contribution is -0.129. The van der Waals surface area contributed by atoms with Crippen LogP contribution in [0.1, 0.15) is 38.2 Å².